The topological polar surface area (TPSA) is 92.5 Å². The molecule has 0 radical (unpaired) electrons. The number of thiazole rings is 1. The minimum atomic E-state index is -4.54. The highest BCUT2D eigenvalue weighted by molar-refractivity contribution is 7.93. The zero-order valence-electron chi connectivity index (χ0n) is 15.8. The van der Waals surface area contributed by atoms with E-state index < -0.39 is 32.1 Å². The average Bonchev–Trinajstić information content (AvgIpc) is 3.26. The zero-order valence-corrected chi connectivity index (χ0v) is 17.4. The minimum absolute atomic E-state index is 0.0649. The normalized spacial score (nSPS) is 11.0. The van der Waals surface area contributed by atoms with Gasteiger partial charge in [-0.15, -0.1) is 11.3 Å². The monoisotopic (exact) mass is 451 g/mol. The van der Waals surface area contributed by atoms with Gasteiger partial charge in [-0.2, -0.15) is 5.26 Å². The Hall–Kier alpha value is -3.23. The number of benzene rings is 2. The van der Waals surface area contributed by atoms with Gasteiger partial charge in [-0.25, -0.2) is 26.5 Å². The van der Waals surface area contributed by atoms with Gasteiger partial charge in [0.2, 0.25) is 0 Å². The summed E-state index contributed by atoms with van der Waals surface area (Å²) in [5.74, 6) is -1.60. The van der Waals surface area contributed by atoms with Crippen LogP contribution in [0.2, 0.25) is 0 Å². The first kappa shape index (κ1) is 21.5. The van der Waals surface area contributed by atoms with Crippen molar-refractivity contribution in [3.63, 3.8) is 0 Å². The fourth-order valence-corrected chi connectivity index (χ4v) is 5.01. The van der Waals surface area contributed by atoms with Gasteiger partial charge in [-0.1, -0.05) is 0 Å². The van der Waals surface area contributed by atoms with Crippen LogP contribution in [0.1, 0.15) is 11.1 Å². The quantitative estimate of drug-likeness (QED) is 0.544. The van der Waals surface area contributed by atoms with Crippen LogP contribution in [0.15, 0.2) is 46.8 Å². The van der Waals surface area contributed by atoms with Gasteiger partial charge in [0, 0.05) is 29.3 Å². The highest BCUT2D eigenvalue weighted by atomic mass is 32.2. The summed E-state index contributed by atoms with van der Waals surface area (Å²) in [5.41, 5.74) is -0.129. The van der Waals surface area contributed by atoms with Crippen molar-refractivity contribution in [1.82, 2.24) is 4.98 Å². The van der Waals surface area contributed by atoms with Crippen LogP contribution in [0, 0.1) is 23.0 Å². The van der Waals surface area contributed by atoms with E-state index in [4.69, 9.17) is 14.7 Å². The van der Waals surface area contributed by atoms with Crippen LogP contribution >= 0.6 is 11.3 Å². The highest BCUT2D eigenvalue weighted by Crippen LogP contribution is 2.33. The van der Waals surface area contributed by atoms with Crippen molar-refractivity contribution < 1.29 is 26.7 Å². The molecule has 0 amide bonds. The smallest absolute Gasteiger partial charge is 0.269 e. The van der Waals surface area contributed by atoms with Crippen molar-refractivity contribution in [3.8, 4) is 17.6 Å². The van der Waals surface area contributed by atoms with E-state index in [2.05, 4.69) is 4.98 Å². The molecule has 30 heavy (non-hydrogen) atoms. The van der Waals surface area contributed by atoms with E-state index in [0.29, 0.717) is 29.2 Å². The van der Waals surface area contributed by atoms with Gasteiger partial charge in [-0.3, -0.25) is 0 Å². The number of hydrogen-bond donors (Lipinski definition) is 0. The summed E-state index contributed by atoms with van der Waals surface area (Å²) in [4.78, 5) is 3.19. The maximum atomic E-state index is 14.4. The summed E-state index contributed by atoms with van der Waals surface area (Å²) in [6.07, 6.45) is 1.40. The maximum absolute atomic E-state index is 14.4. The third-order valence-electron chi connectivity index (χ3n) is 4.15. The molecule has 0 atom stereocenters. The Labute approximate surface area is 175 Å². The number of methoxy groups -OCH3 is 2. The number of anilines is 1. The molecule has 3 rings (SSSR count). The molecule has 156 valence electrons. The molecule has 0 N–H and O–H groups in total. The van der Waals surface area contributed by atoms with Crippen LogP contribution in [0.3, 0.4) is 0 Å². The van der Waals surface area contributed by atoms with E-state index in [0.717, 1.165) is 15.6 Å². The largest absolute Gasteiger partial charge is 0.497 e. The average molecular weight is 451 g/mol. The summed E-state index contributed by atoms with van der Waals surface area (Å²) in [6, 6.07) is 7.37. The van der Waals surface area contributed by atoms with Crippen LogP contribution in [-0.4, -0.2) is 27.6 Å². The van der Waals surface area contributed by atoms with E-state index in [-0.39, 0.29) is 11.7 Å². The van der Waals surface area contributed by atoms with Gasteiger partial charge in [0.25, 0.3) is 10.0 Å². The van der Waals surface area contributed by atoms with Crippen LogP contribution < -0.4 is 13.8 Å². The Morgan fingerprint density at radius 3 is 2.53 bits per heavy atom. The molecule has 0 aliphatic heterocycles. The summed E-state index contributed by atoms with van der Waals surface area (Å²) >= 11 is 1.02. The number of nitriles is 1. The summed E-state index contributed by atoms with van der Waals surface area (Å²) in [5, 5.41) is 10.6. The Bertz CT molecular complexity index is 1210. The molecule has 7 nitrogen and oxygen atoms in total. The number of rotatable bonds is 7. The lowest BCUT2D eigenvalue weighted by atomic mass is 10.2. The van der Waals surface area contributed by atoms with Crippen molar-refractivity contribution in [2.45, 2.75) is 11.4 Å². The van der Waals surface area contributed by atoms with Gasteiger partial charge in [0.05, 0.1) is 26.3 Å². The number of aromatic nitrogens is 1. The van der Waals surface area contributed by atoms with Crippen molar-refractivity contribution in [1.29, 1.82) is 5.26 Å². The molecule has 0 fully saturated rings. The van der Waals surface area contributed by atoms with Gasteiger partial charge in [-0.05, 0) is 18.2 Å². The first-order valence-corrected chi connectivity index (χ1v) is 10.7. The molecule has 1 heterocycles. The van der Waals surface area contributed by atoms with Crippen LogP contribution in [-0.2, 0) is 16.6 Å². The SMILES string of the molecule is COc1ccc(CN(c2nccs2)S(=O)(=O)c2cc(C#N)c(F)cc2F)c(OC)c1. The first-order chi connectivity index (χ1) is 14.3. The van der Waals surface area contributed by atoms with E-state index >= 15 is 0 Å². The van der Waals surface area contributed by atoms with Crippen LogP contribution in [0.25, 0.3) is 0 Å². The fourth-order valence-electron chi connectivity index (χ4n) is 2.66. The molecule has 0 aliphatic rings. The van der Waals surface area contributed by atoms with Crippen LogP contribution in [0.4, 0.5) is 13.9 Å². The molecular weight excluding hydrogens is 436 g/mol. The van der Waals surface area contributed by atoms with Gasteiger partial charge < -0.3 is 9.47 Å². The molecule has 11 heteroatoms. The second-order valence-electron chi connectivity index (χ2n) is 5.88. The maximum Gasteiger partial charge on any atom is 0.269 e. The first-order valence-electron chi connectivity index (χ1n) is 8.34. The zero-order chi connectivity index (χ0) is 21.9. The van der Waals surface area contributed by atoms with Gasteiger partial charge in [0.1, 0.15) is 34.1 Å². The fraction of sp³-hybridized carbons (Fsp3) is 0.158. The van der Waals surface area contributed by atoms with Gasteiger partial charge in [0.15, 0.2) is 5.13 Å². The van der Waals surface area contributed by atoms with E-state index in [1.54, 1.807) is 23.6 Å². The summed E-state index contributed by atoms with van der Waals surface area (Å²) in [7, 11) is -1.65. The second-order valence-corrected chi connectivity index (χ2v) is 8.58. The third kappa shape index (κ3) is 4.05. The van der Waals surface area contributed by atoms with E-state index in [9.17, 15) is 17.2 Å². The summed E-state index contributed by atoms with van der Waals surface area (Å²) < 4.78 is 66.1. The molecule has 0 spiro atoms. The Morgan fingerprint density at radius 1 is 1.17 bits per heavy atom. The van der Waals surface area contributed by atoms with Crippen molar-refractivity contribution in [2.24, 2.45) is 0 Å². The molecule has 0 saturated carbocycles. The molecule has 0 bridgehead atoms. The second kappa shape index (κ2) is 8.64. The van der Waals surface area contributed by atoms with Gasteiger partial charge >= 0.3 is 0 Å². The lowest BCUT2D eigenvalue weighted by Crippen LogP contribution is -2.31. The predicted molar refractivity (Wildman–Crippen MR) is 106 cm³/mol. The predicted octanol–water partition coefficient (Wildman–Crippen LogP) is 3.71. The third-order valence-corrected chi connectivity index (χ3v) is 6.81. The number of sulfonamides is 1. The Kier molecular flexibility index (Phi) is 6.19. The molecule has 1 aromatic heterocycles. The molecule has 2 aromatic carbocycles. The lowest BCUT2D eigenvalue weighted by molar-refractivity contribution is 0.391. The molecular formula is C19H15F2N3O4S2. The molecule has 0 unspecified atom stereocenters. The minimum Gasteiger partial charge on any atom is -0.497 e. The van der Waals surface area contributed by atoms with E-state index in [1.807, 2.05) is 0 Å². The van der Waals surface area contributed by atoms with Crippen molar-refractivity contribution in [3.05, 3.63) is 64.7 Å². The van der Waals surface area contributed by atoms with Crippen molar-refractivity contribution in [2.75, 3.05) is 18.5 Å². The number of ether oxygens (including phenoxy) is 2. The number of halogens is 2. The molecule has 0 saturated heterocycles. The summed E-state index contributed by atoms with van der Waals surface area (Å²) in [6.45, 7) is -0.248. The van der Waals surface area contributed by atoms with Crippen LogP contribution in [0.5, 0.6) is 11.5 Å². The Balaban J connectivity index is 2.14. The molecule has 0 aliphatic carbocycles. The Morgan fingerprint density at radius 2 is 1.93 bits per heavy atom. The number of hydrogen-bond acceptors (Lipinski definition) is 7. The van der Waals surface area contributed by atoms with E-state index in [1.165, 1.54) is 26.5 Å². The highest BCUT2D eigenvalue weighted by Gasteiger charge is 2.31. The lowest BCUT2D eigenvalue weighted by Gasteiger charge is -2.23. The van der Waals surface area contributed by atoms with Crippen molar-refractivity contribution >= 4 is 26.5 Å². The molecule has 3 aromatic rings. The standard InChI is InChI=1S/C19H15F2N3O4S2/c1-27-14-4-3-12(17(8-14)28-2)11-24(19-23-5-6-29-19)30(25,26)18-7-13(10-22)15(20)9-16(18)21/h3-9H,11H2,1-2H3. The number of nitrogens with zero attached hydrogens (tertiary/aromatic N) is 3.